The highest BCUT2D eigenvalue weighted by Crippen LogP contribution is 2.10. The van der Waals surface area contributed by atoms with E-state index in [2.05, 4.69) is 10.2 Å². The van der Waals surface area contributed by atoms with E-state index in [1.54, 1.807) is 0 Å². The summed E-state index contributed by atoms with van der Waals surface area (Å²) in [7, 11) is 1.38. The Labute approximate surface area is 102 Å². The van der Waals surface area contributed by atoms with Crippen molar-refractivity contribution < 1.29 is 14.4 Å². The molecule has 0 unspecified atom stereocenters. The van der Waals surface area contributed by atoms with Gasteiger partial charge in [-0.25, -0.2) is 0 Å². The van der Waals surface area contributed by atoms with Gasteiger partial charge in [0.2, 0.25) is 0 Å². The Hall–Kier alpha value is -1.39. The van der Waals surface area contributed by atoms with Gasteiger partial charge in [0.1, 0.15) is 0 Å². The molecule has 0 aliphatic rings. The SMILES string of the molecule is COC(=O)CC(C)(C)NOCc1ccccc1. The van der Waals surface area contributed by atoms with Crippen LogP contribution in [0.2, 0.25) is 0 Å². The molecule has 0 spiro atoms. The van der Waals surface area contributed by atoms with Crippen LogP contribution in [0, 0.1) is 0 Å². The van der Waals surface area contributed by atoms with Gasteiger partial charge >= 0.3 is 5.97 Å². The molecule has 0 aliphatic carbocycles. The van der Waals surface area contributed by atoms with Crippen LogP contribution in [0.5, 0.6) is 0 Å². The second-order valence-electron chi connectivity index (χ2n) is 4.51. The van der Waals surface area contributed by atoms with Crippen LogP contribution in [0.4, 0.5) is 0 Å². The first-order valence-electron chi connectivity index (χ1n) is 5.53. The van der Waals surface area contributed by atoms with Gasteiger partial charge in [-0.1, -0.05) is 30.3 Å². The first-order chi connectivity index (χ1) is 8.03. The van der Waals surface area contributed by atoms with E-state index < -0.39 is 5.54 Å². The molecule has 0 amide bonds. The summed E-state index contributed by atoms with van der Waals surface area (Å²) in [6.45, 7) is 4.23. The molecule has 94 valence electrons. The lowest BCUT2D eigenvalue weighted by molar-refractivity contribution is -0.144. The molecular formula is C13H19NO3. The van der Waals surface area contributed by atoms with E-state index in [1.807, 2.05) is 44.2 Å². The maximum atomic E-state index is 11.1. The molecule has 1 rings (SSSR count). The average molecular weight is 237 g/mol. The lowest BCUT2D eigenvalue weighted by Gasteiger charge is -2.24. The van der Waals surface area contributed by atoms with E-state index in [-0.39, 0.29) is 12.4 Å². The number of carbonyl (C=O) groups excluding carboxylic acids is 1. The molecular weight excluding hydrogens is 218 g/mol. The average Bonchev–Trinajstić information content (AvgIpc) is 2.29. The fourth-order valence-corrected chi connectivity index (χ4v) is 1.36. The van der Waals surface area contributed by atoms with E-state index in [0.29, 0.717) is 6.61 Å². The zero-order chi connectivity index (χ0) is 12.7. The second kappa shape index (κ2) is 6.37. The predicted molar refractivity (Wildman–Crippen MR) is 65.1 cm³/mol. The number of methoxy groups -OCH3 is 1. The fourth-order valence-electron chi connectivity index (χ4n) is 1.36. The smallest absolute Gasteiger partial charge is 0.307 e. The summed E-state index contributed by atoms with van der Waals surface area (Å²) >= 11 is 0. The number of benzene rings is 1. The van der Waals surface area contributed by atoms with Crippen molar-refractivity contribution in [3.63, 3.8) is 0 Å². The summed E-state index contributed by atoms with van der Waals surface area (Å²) in [5.74, 6) is -0.259. The summed E-state index contributed by atoms with van der Waals surface area (Å²) in [5.41, 5.74) is 3.51. The molecule has 1 aromatic carbocycles. The standard InChI is InChI=1S/C13H19NO3/c1-13(2,9-12(15)16-3)14-17-10-11-7-5-4-6-8-11/h4-8,14H,9-10H2,1-3H3. The van der Waals surface area contributed by atoms with Crippen LogP contribution in [0.1, 0.15) is 25.8 Å². The highest BCUT2D eigenvalue weighted by Gasteiger charge is 2.22. The van der Waals surface area contributed by atoms with Gasteiger partial charge in [-0.2, -0.15) is 5.48 Å². The number of rotatable bonds is 6. The minimum atomic E-state index is -0.443. The molecule has 1 N–H and O–H groups in total. The predicted octanol–water partition coefficient (Wildman–Crippen LogP) is 2.05. The molecule has 4 heteroatoms. The molecule has 0 aromatic heterocycles. The lowest BCUT2D eigenvalue weighted by Crippen LogP contribution is -2.41. The van der Waals surface area contributed by atoms with Crippen molar-refractivity contribution in [2.75, 3.05) is 7.11 Å². The minimum Gasteiger partial charge on any atom is -0.469 e. The minimum absolute atomic E-state index is 0.259. The van der Waals surface area contributed by atoms with Crippen LogP contribution in [0.25, 0.3) is 0 Å². The van der Waals surface area contributed by atoms with Crippen molar-refractivity contribution in [3.05, 3.63) is 35.9 Å². The molecule has 0 saturated carbocycles. The molecule has 0 heterocycles. The van der Waals surface area contributed by atoms with Crippen LogP contribution in [0.3, 0.4) is 0 Å². The Morgan fingerprint density at radius 1 is 1.29 bits per heavy atom. The van der Waals surface area contributed by atoms with Crippen LogP contribution < -0.4 is 5.48 Å². The van der Waals surface area contributed by atoms with Gasteiger partial charge < -0.3 is 4.74 Å². The van der Waals surface area contributed by atoms with Crippen LogP contribution in [-0.4, -0.2) is 18.6 Å². The van der Waals surface area contributed by atoms with Crippen molar-refractivity contribution in [1.82, 2.24) is 5.48 Å². The highest BCUT2D eigenvalue weighted by molar-refractivity contribution is 5.70. The molecule has 0 fully saturated rings. The Balaban J connectivity index is 2.32. The van der Waals surface area contributed by atoms with Gasteiger partial charge in [0, 0.05) is 5.54 Å². The van der Waals surface area contributed by atoms with Crippen molar-refractivity contribution in [3.8, 4) is 0 Å². The summed E-state index contributed by atoms with van der Waals surface area (Å²) in [5, 5.41) is 0. The number of carbonyl (C=O) groups is 1. The maximum Gasteiger partial charge on any atom is 0.307 e. The third-order valence-electron chi connectivity index (χ3n) is 2.24. The fraction of sp³-hybridized carbons (Fsp3) is 0.462. The van der Waals surface area contributed by atoms with Crippen molar-refractivity contribution in [2.24, 2.45) is 0 Å². The van der Waals surface area contributed by atoms with Gasteiger partial charge in [0.05, 0.1) is 20.1 Å². The maximum absolute atomic E-state index is 11.1. The van der Waals surface area contributed by atoms with Crippen molar-refractivity contribution in [1.29, 1.82) is 0 Å². The van der Waals surface area contributed by atoms with Crippen molar-refractivity contribution in [2.45, 2.75) is 32.4 Å². The molecule has 0 bridgehead atoms. The van der Waals surface area contributed by atoms with E-state index in [1.165, 1.54) is 7.11 Å². The number of ether oxygens (including phenoxy) is 1. The summed E-state index contributed by atoms with van der Waals surface area (Å²) in [6.07, 6.45) is 0.262. The number of nitrogens with one attached hydrogen (secondary N) is 1. The van der Waals surface area contributed by atoms with Crippen LogP contribution in [0.15, 0.2) is 30.3 Å². The zero-order valence-corrected chi connectivity index (χ0v) is 10.5. The topological polar surface area (TPSA) is 47.6 Å². The van der Waals surface area contributed by atoms with Gasteiger partial charge in [0.25, 0.3) is 0 Å². The van der Waals surface area contributed by atoms with E-state index >= 15 is 0 Å². The molecule has 0 aliphatic heterocycles. The highest BCUT2D eigenvalue weighted by atomic mass is 16.6. The first kappa shape index (κ1) is 13.7. The molecule has 4 nitrogen and oxygen atoms in total. The van der Waals surface area contributed by atoms with Gasteiger partial charge in [-0.05, 0) is 19.4 Å². The lowest BCUT2D eigenvalue weighted by atomic mass is 10.0. The Morgan fingerprint density at radius 3 is 2.53 bits per heavy atom. The Kier molecular flexibility index (Phi) is 5.12. The first-order valence-corrected chi connectivity index (χ1v) is 5.53. The number of esters is 1. The zero-order valence-electron chi connectivity index (χ0n) is 10.5. The van der Waals surface area contributed by atoms with Crippen LogP contribution >= 0.6 is 0 Å². The summed E-state index contributed by atoms with van der Waals surface area (Å²) in [6, 6.07) is 9.83. The monoisotopic (exact) mass is 237 g/mol. The summed E-state index contributed by atoms with van der Waals surface area (Å²) < 4.78 is 4.62. The van der Waals surface area contributed by atoms with Gasteiger partial charge in [-0.15, -0.1) is 0 Å². The number of hydrogen-bond donors (Lipinski definition) is 1. The second-order valence-corrected chi connectivity index (χ2v) is 4.51. The van der Waals surface area contributed by atoms with Gasteiger partial charge in [0.15, 0.2) is 0 Å². The molecule has 0 radical (unpaired) electrons. The number of hydrogen-bond acceptors (Lipinski definition) is 4. The third-order valence-corrected chi connectivity index (χ3v) is 2.24. The van der Waals surface area contributed by atoms with E-state index in [9.17, 15) is 4.79 Å². The number of hydroxylamine groups is 1. The molecule has 0 saturated heterocycles. The Morgan fingerprint density at radius 2 is 1.94 bits per heavy atom. The van der Waals surface area contributed by atoms with Gasteiger partial charge in [-0.3, -0.25) is 9.63 Å². The molecule has 1 aromatic rings. The quantitative estimate of drug-likeness (QED) is 0.607. The molecule has 17 heavy (non-hydrogen) atoms. The summed E-state index contributed by atoms with van der Waals surface area (Å²) in [4.78, 5) is 16.5. The third kappa shape index (κ3) is 5.47. The molecule has 0 atom stereocenters. The van der Waals surface area contributed by atoms with E-state index in [0.717, 1.165) is 5.56 Å². The normalized spacial score (nSPS) is 11.2. The largest absolute Gasteiger partial charge is 0.469 e. The van der Waals surface area contributed by atoms with E-state index in [4.69, 9.17) is 4.84 Å². The Bertz CT molecular complexity index is 349. The van der Waals surface area contributed by atoms with Crippen LogP contribution in [-0.2, 0) is 21.0 Å². The van der Waals surface area contributed by atoms with Crippen molar-refractivity contribution >= 4 is 5.97 Å².